The summed E-state index contributed by atoms with van der Waals surface area (Å²) >= 11 is 0. The number of nitrogens with zero attached hydrogens (tertiary/aromatic N) is 5. The minimum absolute atomic E-state index is 0.0515. The molecule has 6 heterocycles. The molecular formula is C44H50F3N9O7. The molecule has 2 saturated heterocycles. The van der Waals surface area contributed by atoms with Crippen molar-refractivity contribution in [2.75, 3.05) is 27.3 Å². The van der Waals surface area contributed by atoms with Crippen molar-refractivity contribution in [3.05, 3.63) is 66.5 Å². The molecule has 0 bridgehead atoms. The number of ether oxygens (including phenoxy) is 3. The van der Waals surface area contributed by atoms with Crippen molar-refractivity contribution >= 4 is 34.9 Å². The molecule has 63 heavy (non-hydrogen) atoms. The highest BCUT2D eigenvalue weighted by Gasteiger charge is 2.50. The van der Waals surface area contributed by atoms with Crippen LogP contribution in [0.3, 0.4) is 0 Å². The van der Waals surface area contributed by atoms with E-state index in [0.29, 0.717) is 23.0 Å². The highest BCUT2D eigenvalue weighted by Crippen LogP contribution is 2.45. The van der Waals surface area contributed by atoms with Gasteiger partial charge in [0.2, 0.25) is 11.8 Å². The van der Waals surface area contributed by atoms with E-state index < -0.39 is 85.4 Å². The Bertz CT molecular complexity index is 2570. The van der Waals surface area contributed by atoms with E-state index in [1.807, 2.05) is 43.3 Å². The second-order valence-electron chi connectivity index (χ2n) is 17.1. The molecule has 3 aliphatic heterocycles. The Hall–Kier alpha value is -6.53. The van der Waals surface area contributed by atoms with E-state index in [1.54, 1.807) is 40.1 Å². The zero-order chi connectivity index (χ0) is 45.1. The van der Waals surface area contributed by atoms with Gasteiger partial charge < -0.3 is 49.2 Å². The Balaban J connectivity index is 1.03. The first-order valence-electron chi connectivity index (χ1n) is 20.8. The molecule has 1 unspecified atom stereocenters. The number of methoxy groups -OCH3 is 2. The van der Waals surface area contributed by atoms with Gasteiger partial charge in [-0.05, 0) is 49.1 Å². The van der Waals surface area contributed by atoms with Crippen molar-refractivity contribution in [1.82, 2.24) is 44.9 Å². The lowest BCUT2D eigenvalue weighted by Gasteiger charge is -2.29. The van der Waals surface area contributed by atoms with Crippen molar-refractivity contribution in [2.24, 2.45) is 11.8 Å². The van der Waals surface area contributed by atoms with Crippen LogP contribution in [-0.4, -0.2) is 110 Å². The third-order valence-electron chi connectivity index (χ3n) is 12.1. The molecule has 0 saturated carbocycles. The molecule has 2 fully saturated rings. The summed E-state index contributed by atoms with van der Waals surface area (Å²) in [5.41, 5.74) is 5.40. The zero-order valence-electron chi connectivity index (χ0n) is 35.9. The Morgan fingerprint density at radius 1 is 0.825 bits per heavy atom. The monoisotopic (exact) mass is 873 g/mol. The van der Waals surface area contributed by atoms with Crippen LogP contribution in [-0.2, 0) is 19.1 Å². The molecule has 6 atom stereocenters. The molecule has 334 valence electrons. The lowest BCUT2D eigenvalue weighted by molar-refractivity contribution is -0.137. The first-order chi connectivity index (χ1) is 30.0. The van der Waals surface area contributed by atoms with Gasteiger partial charge in [0.1, 0.15) is 35.7 Å². The first-order valence-corrected chi connectivity index (χ1v) is 20.8. The number of H-pyrrole nitrogens is 2. The van der Waals surface area contributed by atoms with Gasteiger partial charge in [0.05, 0.1) is 74.4 Å². The Labute approximate surface area is 360 Å². The van der Waals surface area contributed by atoms with Crippen LogP contribution in [0.15, 0.2) is 54.9 Å². The molecule has 5 aromatic rings. The van der Waals surface area contributed by atoms with Gasteiger partial charge in [0.15, 0.2) is 6.23 Å². The zero-order valence-corrected chi connectivity index (χ0v) is 35.9. The number of hydrogen-bond donors (Lipinski definition) is 4. The molecule has 4 amide bonds. The molecule has 0 spiro atoms. The third kappa shape index (κ3) is 8.15. The largest absolute Gasteiger partial charge is 0.470 e. The van der Waals surface area contributed by atoms with Crippen LogP contribution in [0.25, 0.3) is 44.7 Å². The fraction of sp³-hybridized carbons (Fsp3) is 0.455. The number of alkyl halides is 3. The quantitative estimate of drug-likeness (QED) is 0.112. The maximum absolute atomic E-state index is 14.9. The maximum atomic E-state index is 14.9. The predicted molar refractivity (Wildman–Crippen MR) is 224 cm³/mol. The number of fused-ring (bicyclic) bond motifs is 5. The van der Waals surface area contributed by atoms with E-state index in [1.165, 1.54) is 19.1 Å². The number of carbonyl (C=O) groups is 4. The van der Waals surface area contributed by atoms with E-state index in [4.69, 9.17) is 9.47 Å². The summed E-state index contributed by atoms with van der Waals surface area (Å²) in [7, 11) is 2.38. The van der Waals surface area contributed by atoms with Crippen molar-refractivity contribution in [1.29, 1.82) is 0 Å². The molecule has 3 aliphatic rings. The number of likely N-dealkylation sites (tertiary alicyclic amines) is 2. The minimum atomic E-state index is -3.16. The van der Waals surface area contributed by atoms with Crippen LogP contribution in [0, 0.1) is 11.8 Å². The molecule has 4 N–H and O–H groups in total. The highest BCUT2D eigenvalue weighted by molar-refractivity contribution is 5.92. The summed E-state index contributed by atoms with van der Waals surface area (Å²) in [5, 5.41) is 5.95. The summed E-state index contributed by atoms with van der Waals surface area (Å²) in [5.74, 6) is -3.64. The molecule has 19 heteroatoms. The summed E-state index contributed by atoms with van der Waals surface area (Å²) in [6.45, 7) is 8.00. The number of carbonyl (C=O) groups excluding carboxylic acids is 4. The summed E-state index contributed by atoms with van der Waals surface area (Å²) in [6.07, 6.45) is -0.622. The van der Waals surface area contributed by atoms with Gasteiger partial charge in [0.25, 0.3) is 5.92 Å². The molecule has 16 nitrogen and oxygen atoms in total. The standard InChI is InChI=1S/C44H50F3N9O7/c1-21(2)36(52-42(59)61-6)40(57)54-19-27(45)15-33(54)38-48-18-30(50-38)25-8-10-28-32-13-26-12-24(9-11-31(26)56(32)23(5)63-35(28)14-25)29-17-49-39(51-29)34-16-44(46,47)20-55(34)41(58)37(22(3)4)53-43(60)62-7/h8-14,17-18,21-23,27,33-34,36-37H,15-16,19-20H2,1-7H3,(H,48,50)(H,49,51)(H,52,59)(H,53,60)/t23?,27-,33+,34+,36+,37+/m1/s1. The van der Waals surface area contributed by atoms with Gasteiger partial charge in [0, 0.05) is 34.9 Å². The molecule has 8 rings (SSSR count). The van der Waals surface area contributed by atoms with Crippen molar-refractivity contribution < 1.29 is 46.6 Å². The number of rotatable bonds is 10. The van der Waals surface area contributed by atoms with E-state index in [9.17, 15) is 32.3 Å². The number of halogens is 3. The number of aromatic amines is 2. The molecule has 3 aromatic heterocycles. The molecule has 0 radical (unpaired) electrons. The predicted octanol–water partition coefficient (Wildman–Crippen LogP) is 7.28. The normalized spacial score (nSPS) is 21.2. The van der Waals surface area contributed by atoms with Crippen molar-refractivity contribution in [3.8, 4) is 39.5 Å². The van der Waals surface area contributed by atoms with Crippen LogP contribution < -0.4 is 15.4 Å². The van der Waals surface area contributed by atoms with Crippen LogP contribution in [0.4, 0.5) is 22.8 Å². The second kappa shape index (κ2) is 16.6. The first kappa shape index (κ1) is 43.1. The van der Waals surface area contributed by atoms with Gasteiger partial charge in [-0.15, -0.1) is 0 Å². The Morgan fingerprint density at radius 2 is 1.40 bits per heavy atom. The average Bonchev–Trinajstić information content (AvgIpc) is 4.10. The van der Waals surface area contributed by atoms with Crippen molar-refractivity contribution in [2.45, 2.75) is 89.9 Å². The van der Waals surface area contributed by atoms with Crippen molar-refractivity contribution in [3.63, 3.8) is 0 Å². The fourth-order valence-corrected chi connectivity index (χ4v) is 8.88. The molecule has 2 aromatic carbocycles. The number of alkyl carbamates (subject to hydrolysis) is 2. The average molecular weight is 874 g/mol. The van der Waals surface area contributed by atoms with Gasteiger partial charge in [-0.1, -0.05) is 39.8 Å². The Kier molecular flexibility index (Phi) is 11.4. The number of aromatic nitrogens is 5. The number of benzene rings is 2. The van der Waals surface area contributed by atoms with Gasteiger partial charge in [-0.25, -0.2) is 32.7 Å². The lowest BCUT2D eigenvalue weighted by Crippen LogP contribution is -2.51. The van der Waals surface area contributed by atoms with Crippen LogP contribution in [0.1, 0.15) is 77.4 Å². The minimum Gasteiger partial charge on any atom is -0.470 e. The maximum Gasteiger partial charge on any atom is 0.407 e. The SMILES string of the molecule is COC(=O)N[C@H](C(=O)N1C[C@H](F)C[C@H]1c1ncc(-c2ccc3c(c2)OC(C)n2c-3cc3cc(-c4cnc([C@@H]5CC(F)(F)CN5C(=O)[C@@H](NC(=O)OC)C(C)C)[nH]4)ccc32)[nH]1)C(C)C. The topological polar surface area (TPSA) is 189 Å². The van der Waals surface area contributed by atoms with Crippen LogP contribution in [0.5, 0.6) is 5.75 Å². The van der Waals surface area contributed by atoms with Crippen LogP contribution >= 0.6 is 0 Å². The molecular weight excluding hydrogens is 824 g/mol. The second-order valence-corrected chi connectivity index (χ2v) is 17.1. The number of hydrogen-bond acceptors (Lipinski definition) is 9. The lowest BCUT2D eigenvalue weighted by atomic mass is 10.0. The highest BCUT2D eigenvalue weighted by atomic mass is 19.3. The number of amides is 4. The smallest absolute Gasteiger partial charge is 0.407 e. The van der Waals surface area contributed by atoms with Gasteiger partial charge in [-0.2, -0.15) is 0 Å². The van der Waals surface area contributed by atoms with Gasteiger partial charge in [-0.3, -0.25) is 9.59 Å². The van der Waals surface area contributed by atoms with E-state index in [0.717, 1.165) is 38.2 Å². The number of imidazole rings is 2. The summed E-state index contributed by atoms with van der Waals surface area (Å²) in [4.78, 5) is 69.3. The summed E-state index contributed by atoms with van der Waals surface area (Å²) < 4.78 is 62.7. The van der Waals surface area contributed by atoms with Gasteiger partial charge >= 0.3 is 12.2 Å². The number of nitrogens with one attached hydrogen (secondary N) is 4. The van der Waals surface area contributed by atoms with Crippen LogP contribution in [0.2, 0.25) is 0 Å². The van der Waals surface area contributed by atoms with E-state index in [-0.39, 0.29) is 24.7 Å². The fourth-order valence-electron chi connectivity index (χ4n) is 8.88. The summed E-state index contributed by atoms with van der Waals surface area (Å²) in [6, 6.07) is 9.96. The third-order valence-corrected chi connectivity index (χ3v) is 12.1. The van der Waals surface area contributed by atoms with E-state index >= 15 is 0 Å². The molecule has 0 aliphatic carbocycles. The van der Waals surface area contributed by atoms with E-state index in [2.05, 4.69) is 45.9 Å². The Morgan fingerprint density at radius 3 is 2.00 bits per heavy atom.